The zero-order valence-electron chi connectivity index (χ0n) is 14.6. The maximum Gasteiger partial charge on any atom is 0.251 e. The van der Waals surface area contributed by atoms with E-state index >= 15 is 0 Å². The Morgan fingerprint density at radius 3 is 2.69 bits per heavy atom. The minimum atomic E-state index is -0.370. The Labute approximate surface area is 151 Å². The van der Waals surface area contributed by atoms with Crippen molar-refractivity contribution in [2.24, 2.45) is 0 Å². The van der Waals surface area contributed by atoms with Gasteiger partial charge in [0.25, 0.3) is 5.91 Å². The van der Waals surface area contributed by atoms with Crippen LogP contribution in [-0.4, -0.2) is 31.3 Å². The van der Waals surface area contributed by atoms with Crippen LogP contribution < -0.4 is 24.8 Å². The lowest BCUT2D eigenvalue weighted by Gasteiger charge is -2.15. The smallest absolute Gasteiger partial charge is 0.251 e. The van der Waals surface area contributed by atoms with Crippen LogP contribution in [0.1, 0.15) is 24.2 Å². The summed E-state index contributed by atoms with van der Waals surface area (Å²) in [6, 6.07) is 12.0. The van der Waals surface area contributed by atoms with Gasteiger partial charge in [-0.15, -0.1) is 0 Å². The number of hydrogen-bond acceptors (Lipinski definition) is 5. The molecule has 3 rings (SSSR count). The van der Waals surface area contributed by atoms with Crippen LogP contribution in [-0.2, 0) is 4.79 Å². The molecule has 0 atom stereocenters. The highest BCUT2D eigenvalue weighted by atomic mass is 16.7. The lowest BCUT2D eigenvalue weighted by atomic mass is 10.2. The van der Waals surface area contributed by atoms with E-state index in [-0.39, 0.29) is 31.3 Å². The van der Waals surface area contributed by atoms with Gasteiger partial charge in [-0.25, -0.2) is 0 Å². The molecule has 2 N–H and O–H groups in total. The summed E-state index contributed by atoms with van der Waals surface area (Å²) in [6.07, 6.45) is -0.0150. The first-order valence-electron chi connectivity index (χ1n) is 8.26. The maximum atomic E-state index is 12.2. The standard InChI is InChI=1S/C19H20N2O5/c1-12(2)26-15-6-4-3-5-14(15)21-18(22)10-20-19(23)13-7-8-16-17(9-13)25-11-24-16/h3-9,12H,10-11H2,1-2H3,(H,20,23)(H,21,22). The molecule has 0 aliphatic carbocycles. The van der Waals surface area contributed by atoms with Gasteiger partial charge in [-0.05, 0) is 44.2 Å². The second kappa shape index (κ2) is 7.77. The third-order valence-corrected chi connectivity index (χ3v) is 3.57. The highest BCUT2D eigenvalue weighted by Gasteiger charge is 2.17. The third kappa shape index (κ3) is 4.24. The van der Waals surface area contributed by atoms with Crippen molar-refractivity contribution >= 4 is 17.5 Å². The Kier molecular flexibility index (Phi) is 5.26. The highest BCUT2D eigenvalue weighted by Crippen LogP contribution is 2.32. The molecule has 0 fully saturated rings. The fourth-order valence-electron chi connectivity index (χ4n) is 2.42. The number of amides is 2. The number of carbonyl (C=O) groups excluding carboxylic acids is 2. The van der Waals surface area contributed by atoms with Crippen molar-refractivity contribution < 1.29 is 23.8 Å². The summed E-state index contributed by atoms with van der Waals surface area (Å²) in [5.74, 6) is 0.977. The van der Waals surface area contributed by atoms with Crippen molar-refractivity contribution in [2.45, 2.75) is 20.0 Å². The minimum Gasteiger partial charge on any atom is -0.489 e. The second-order valence-corrected chi connectivity index (χ2v) is 5.96. The Hall–Kier alpha value is -3.22. The van der Waals surface area contributed by atoms with Crippen molar-refractivity contribution in [1.29, 1.82) is 0 Å². The third-order valence-electron chi connectivity index (χ3n) is 3.57. The number of fused-ring (bicyclic) bond motifs is 1. The van der Waals surface area contributed by atoms with Crippen LogP contribution in [0.4, 0.5) is 5.69 Å². The molecule has 7 heteroatoms. The molecular weight excluding hydrogens is 336 g/mol. The topological polar surface area (TPSA) is 85.9 Å². The monoisotopic (exact) mass is 356 g/mol. The average Bonchev–Trinajstić information content (AvgIpc) is 3.08. The summed E-state index contributed by atoms with van der Waals surface area (Å²) >= 11 is 0. The molecule has 2 aromatic rings. The molecule has 0 saturated carbocycles. The number of hydrogen-bond donors (Lipinski definition) is 2. The van der Waals surface area contributed by atoms with Crippen molar-refractivity contribution in [3.63, 3.8) is 0 Å². The molecule has 0 radical (unpaired) electrons. The average molecular weight is 356 g/mol. The Morgan fingerprint density at radius 1 is 1.12 bits per heavy atom. The number of benzene rings is 2. The zero-order valence-corrected chi connectivity index (χ0v) is 14.6. The number of carbonyl (C=O) groups is 2. The molecule has 0 spiro atoms. The summed E-state index contributed by atoms with van der Waals surface area (Å²) in [6.45, 7) is 3.79. The van der Waals surface area contributed by atoms with Crippen LogP contribution >= 0.6 is 0 Å². The molecule has 2 amide bonds. The van der Waals surface area contributed by atoms with Gasteiger partial charge in [0.1, 0.15) is 5.75 Å². The first-order chi connectivity index (χ1) is 12.5. The fraction of sp³-hybridized carbons (Fsp3) is 0.263. The van der Waals surface area contributed by atoms with Crippen LogP contribution in [0.15, 0.2) is 42.5 Å². The Balaban J connectivity index is 1.57. The van der Waals surface area contributed by atoms with E-state index in [1.54, 1.807) is 36.4 Å². The molecular formula is C19H20N2O5. The molecule has 1 aliphatic rings. The lowest BCUT2D eigenvalue weighted by Crippen LogP contribution is -2.33. The molecule has 136 valence electrons. The number of anilines is 1. The summed E-state index contributed by atoms with van der Waals surface area (Å²) < 4.78 is 16.1. The van der Waals surface area contributed by atoms with E-state index in [0.29, 0.717) is 28.5 Å². The van der Waals surface area contributed by atoms with Crippen LogP contribution in [0.5, 0.6) is 17.2 Å². The van der Waals surface area contributed by atoms with E-state index in [0.717, 1.165) is 0 Å². The van der Waals surface area contributed by atoms with Crippen LogP contribution in [0, 0.1) is 0 Å². The molecule has 7 nitrogen and oxygen atoms in total. The lowest BCUT2D eigenvalue weighted by molar-refractivity contribution is -0.115. The molecule has 26 heavy (non-hydrogen) atoms. The molecule has 1 aliphatic heterocycles. The first kappa shape index (κ1) is 17.6. The van der Waals surface area contributed by atoms with Gasteiger partial charge in [-0.3, -0.25) is 9.59 Å². The van der Waals surface area contributed by atoms with E-state index in [1.807, 2.05) is 19.9 Å². The molecule has 0 bridgehead atoms. The highest BCUT2D eigenvalue weighted by molar-refractivity contribution is 6.00. The van der Waals surface area contributed by atoms with Crippen molar-refractivity contribution in [1.82, 2.24) is 5.32 Å². The van der Waals surface area contributed by atoms with Gasteiger partial charge >= 0.3 is 0 Å². The van der Waals surface area contributed by atoms with Gasteiger partial charge in [0.05, 0.1) is 18.3 Å². The van der Waals surface area contributed by atoms with Gasteiger partial charge in [-0.2, -0.15) is 0 Å². The van der Waals surface area contributed by atoms with E-state index in [1.165, 1.54) is 0 Å². The zero-order chi connectivity index (χ0) is 18.5. The second-order valence-electron chi connectivity index (χ2n) is 5.96. The number of nitrogens with one attached hydrogen (secondary N) is 2. The Bertz CT molecular complexity index is 819. The normalized spacial score (nSPS) is 12.0. The predicted molar refractivity (Wildman–Crippen MR) is 95.7 cm³/mol. The number of rotatable bonds is 6. The first-order valence-corrected chi connectivity index (χ1v) is 8.26. The summed E-state index contributed by atoms with van der Waals surface area (Å²) in [5, 5.41) is 5.32. The van der Waals surface area contributed by atoms with E-state index < -0.39 is 0 Å². The van der Waals surface area contributed by atoms with Gasteiger partial charge in [0, 0.05) is 5.56 Å². The number of para-hydroxylation sites is 2. The molecule has 0 unspecified atom stereocenters. The van der Waals surface area contributed by atoms with E-state index in [9.17, 15) is 9.59 Å². The molecule has 1 heterocycles. The number of ether oxygens (including phenoxy) is 3. The maximum absolute atomic E-state index is 12.2. The minimum absolute atomic E-state index is 0.0150. The Morgan fingerprint density at radius 2 is 1.88 bits per heavy atom. The van der Waals surface area contributed by atoms with Gasteiger partial charge in [0.15, 0.2) is 11.5 Å². The van der Waals surface area contributed by atoms with Gasteiger partial charge in [0.2, 0.25) is 12.7 Å². The van der Waals surface area contributed by atoms with E-state index in [4.69, 9.17) is 14.2 Å². The quantitative estimate of drug-likeness (QED) is 0.831. The summed E-state index contributed by atoms with van der Waals surface area (Å²) in [7, 11) is 0. The summed E-state index contributed by atoms with van der Waals surface area (Å²) in [4.78, 5) is 24.3. The van der Waals surface area contributed by atoms with Gasteiger partial charge < -0.3 is 24.8 Å². The van der Waals surface area contributed by atoms with Crippen LogP contribution in [0.25, 0.3) is 0 Å². The predicted octanol–water partition coefficient (Wildman–Crippen LogP) is 2.57. The van der Waals surface area contributed by atoms with Crippen molar-refractivity contribution in [2.75, 3.05) is 18.7 Å². The molecule has 0 aromatic heterocycles. The van der Waals surface area contributed by atoms with Crippen LogP contribution in [0.3, 0.4) is 0 Å². The van der Waals surface area contributed by atoms with Crippen LogP contribution in [0.2, 0.25) is 0 Å². The van der Waals surface area contributed by atoms with Crippen molar-refractivity contribution in [3.8, 4) is 17.2 Å². The SMILES string of the molecule is CC(C)Oc1ccccc1NC(=O)CNC(=O)c1ccc2c(c1)OCO2. The van der Waals surface area contributed by atoms with Crippen molar-refractivity contribution in [3.05, 3.63) is 48.0 Å². The van der Waals surface area contributed by atoms with Gasteiger partial charge in [-0.1, -0.05) is 12.1 Å². The molecule has 0 saturated heterocycles. The largest absolute Gasteiger partial charge is 0.489 e. The summed E-state index contributed by atoms with van der Waals surface area (Å²) in [5.41, 5.74) is 0.953. The molecule has 2 aromatic carbocycles. The van der Waals surface area contributed by atoms with E-state index in [2.05, 4.69) is 10.6 Å². The fourth-order valence-corrected chi connectivity index (χ4v) is 2.42.